The van der Waals surface area contributed by atoms with Gasteiger partial charge >= 0.3 is 5.97 Å². The van der Waals surface area contributed by atoms with E-state index >= 15 is 0 Å². The monoisotopic (exact) mass is 418 g/mol. The molecule has 76 valence electrons. The van der Waals surface area contributed by atoms with Gasteiger partial charge in [0.2, 0.25) is 0 Å². The number of hydrogen-bond donors (Lipinski definition) is 0. The third kappa shape index (κ3) is 1.55. The molecule has 6 heteroatoms. The molecule has 1 aliphatic carbocycles. The molecular weight excluding hydrogens is 410 g/mol. The van der Waals surface area contributed by atoms with Crippen molar-refractivity contribution in [1.29, 1.82) is 0 Å². The molecule has 2 rings (SSSR count). The molecule has 0 amide bonds. The second-order valence-corrected chi connectivity index (χ2v) is 5.42. The maximum absolute atomic E-state index is 11.5. The number of nitrogens with zero attached hydrogens (tertiary/aromatic N) is 2. The van der Waals surface area contributed by atoms with Gasteiger partial charge in [0.25, 0.3) is 0 Å². The molecule has 0 atom stereocenters. The van der Waals surface area contributed by atoms with E-state index in [-0.39, 0.29) is 5.97 Å². The smallest absolute Gasteiger partial charge is 0.333 e. The predicted molar refractivity (Wildman–Crippen MR) is 66.9 cm³/mol. The Morgan fingerprint density at radius 1 is 1.64 bits per heavy atom. The SMILES string of the molecule is COC(=O)C1(n2cc(I)c(I)n2)CC1. The Labute approximate surface area is 109 Å². The highest BCUT2D eigenvalue weighted by Crippen LogP contribution is 2.44. The summed E-state index contributed by atoms with van der Waals surface area (Å²) >= 11 is 4.36. The van der Waals surface area contributed by atoms with Gasteiger partial charge in [-0.25, -0.2) is 4.79 Å². The summed E-state index contributed by atoms with van der Waals surface area (Å²) in [6, 6.07) is 0. The largest absolute Gasteiger partial charge is 0.467 e. The highest BCUT2D eigenvalue weighted by atomic mass is 127. The number of rotatable bonds is 2. The van der Waals surface area contributed by atoms with E-state index in [0.717, 1.165) is 20.1 Å². The minimum Gasteiger partial charge on any atom is -0.467 e. The Hall–Kier alpha value is 0.140. The van der Waals surface area contributed by atoms with Crippen LogP contribution >= 0.6 is 45.2 Å². The van der Waals surface area contributed by atoms with Crippen molar-refractivity contribution in [2.24, 2.45) is 0 Å². The lowest BCUT2D eigenvalue weighted by molar-refractivity contribution is -0.146. The van der Waals surface area contributed by atoms with Gasteiger partial charge < -0.3 is 4.74 Å². The molecule has 0 spiro atoms. The summed E-state index contributed by atoms with van der Waals surface area (Å²) in [5.74, 6) is -0.187. The lowest BCUT2D eigenvalue weighted by Gasteiger charge is -2.12. The van der Waals surface area contributed by atoms with Crippen LogP contribution in [0.25, 0.3) is 0 Å². The van der Waals surface area contributed by atoms with Crippen molar-refractivity contribution < 1.29 is 9.53 Å². The minimum absolute atomic E-state index is 0.187. The van der Waals surface area contributed by atoms with Gasteiger partial charge in [-0.05, 0) is 58.0 Å². The Morgan fingerprint density at radius 2 is 2.29 bits per heavy atom. The van der Waals surface area contributed by atoms with Gasteiger partial charge in [0.15, 0.2) is 5.54 Å². The first-order chi connectivity index (χ1) is 6.60. The second kappa shape index (κ2) is 3.62. The average molecular weight is 418 g/mol. The Morgan fingerprint density at radius 3 is 2.64 bits per heavy atom. The molecule has 0 N–H and O–H groups in total. The van der Waals surface area contributed by atoms with Crippen molar-refractivity contribution in [2.45, 2.75) is 18.4 Å². The van der Waals surface area contributed by atoms with Crippen molar-refractivity contribution in [3.05, 3.63) is 13.5 Å². The van der Waals surface area contributed by atoms with E-state index in [9.17, 15) is 4.79 Å². The summed E-state index contributed by atoms with van der Waals surface area (Å²) in [6.45, 7) is 0. The fourth-order valence-electron chi connectivity index (χ4n) is 1.39. The lowest BCUT2D eigenvalue weighted by atomic mass is 10.3. The van der Waals surface area contributed by atoms with Gasteiger partial charge in [-0.15, -0.1) is 0 Å². The normalized spacial score (nSPS) is 17.9. The van der Waals surface area contributed by atoms with Crippen LogP contribution in [0.2, 0.25) is 0 Å². The molecule has 0 saturated heterocycles. The molecule has 0 bridgehead atoms. The average Bonchev–Trinajstić information content (AvgIpc) is 2.90. The van der Waals surface area contributed by atoms with Gasteiger partial charge in [-0.3, -0.25) is 4.68 Å². The molecule has 1 aromatic rings. The first-order valence-electron chi connectivity index (χ1n) is 4.10. The van der Waals surface area contributed by atoms with Gasteiger partial charge in [0, 0.05) is 6.20 Å². The first-order valence-corrected chi connectivity index (χ1v) is 6.25. The lowest BCUT2D eigenvalue weighted by Crippen LogP contribution is -2.29. The summed E-state index contributed by atoms with van der Waals surface area (Å²) < 4.78 is 8.51. The molecule has 1 fully saturated rings. The Kier molecular flexibility index (Phi) is 2.75. The van der Waals surface area contributed by atoms with E-state index in [1.165, 1.54) is 7.11 Å². The number of halogens is 2. The summed E-state index contributed by atoms with van der Waals surface area (Å²) in [6.07, 6.45) is 3.55. The van der Waals surface area contributed by atoms with Crippen LogP contribution in [0.5, 0.6) is 0 Å². The van der Waals surface area contributed by atoms with Crippen molar-refractivity contribution in [3.8, 4) is 0 Å². The van der Waals surface area contributed by atoms with Crippen molar-refractivity contribution in [1.82, 2.24) is 9.78 Å². The van der Waals surface area contributed by atoms with Crippen LogP contribution in [-0.4, -0.2) is 22.9 Å². The first kappa shape index (κ1) is 10.7. The van der Waals surface area contributed by atoms with Crippen LogP contribution in [0.15, 0.2) is 6.20 Å². The summed E-state index contributed by atoms with van der Waals surface area (Å²) in [4.78, 5) is 11.5. The van der Waals surface area contributed by atoms with Crippen LogP contribution in [-0.2, 0) is 15.1 Å². The minimum atomic E-state index is -0.502. The fourth-order valence-corrected chi connectivity index (χ4v) is 2.13. The maximum Gasteiger partial charge on any atom is 0.333 e. The van der Waals surface area contributed by atoms with E-state index < -0.39 is 5.54 Å². The van der Waals surface area contributed by atoms with Crippen LogP contribution in [0, 0.1) is 7.27 Å². The number of carbonyl (C=O) groups excluding carboxylic acids is 1. The summed E-state index contributed by atoms with van der Waals surface area (Å²) in [5, 5.41) is 4.31. The zero-order chi connectivity index (χ0) is 10.3. The van der Waals surface area contributed by atoms with Gasteiger partial charge in [0.05, 0.1) is 10.7 Å². The van der Waals surface area contributed by atoms with Gasteiger partial charge in [0.1, 0.15) is 3.70 Å². The van der Waals surface area contributed by atoms with Crippen LogP contribution in [0.1, 0.15) is 12.8 Å². The van der Waals surface area contributed by atoms with E-state index in [0.29, 0.717) is 0 Å². The van der Waals surface area contributed by atoms with Crippen LogP contribution < -0.4 is 0 Å². The Bertz CT molecular complexity index is 365. The number of esters is 1. The molecule has 1 saturated carbocycles. The predicted octanol–water partition coefficient (Wildman–Crippen LogP) is 1.75. The molecule has 0 unspecified atom stereocenters. The van der Waals surface area contributed by atoms with Crippen molar-refractivity contribution in [3.63, 3.8) is 0 Å². The van der Waals surface area contributed by atoms with E-state index in [1.807, 2.05) is 6.20 Å². The molecular formula is C8H8I2N2O2. The molecule has 0 radical (unpaired) electrons. The summed E-state index contributed by atoms with van der Waals surface area (Å²) in [7, 11) is 1.42. The van der Waals surface area contributed by atoms with Gasteiger partial charge in [-0.1, -0.05) is 0 Å². The number of hydrogen-bond acceptors (Lipinski definition) is 3. The summed E-state index contributed by atoms with van der Waals surface area (Å²) in [5.41, 5.74) is -0.502. The van der Waals surface area contributed by atoms with E-state index in [1.54, 1.807) is 4.68 Å². The van der Waals surface area contributed by atoms with Crippen molar-refractivity contribution in [2.75, 3.05) is 7.11 Å². The zero-order valence-electron chi connectivity index (χ0n) is 7.46. The Balaban J connectivity index is 2.35. The molecule has 14 heavy (non-hydrogen) atoms. The third-order valence-corrected chi connectivity index (χ3v) is 4.97. The quantitative estimate of drug-likeness (QED) is 0.544. The highest BCUT2D eigenvalue weighted by Gasteiger charge is 2.54. The molecule has 1 heterocycles. The molecule has 1 aliphatic rings. The maximum atomic E-state index is 11.5. The number of methoxy groups -OCH3 is 1. The van der Waals surface area contributed by atoms with Crippen LogP contribution in [0.3, 0.4) is 0 Å². The number of carbonyl (C=O) groups is 1. The standard InChI is InChI=1S/C8H8I2N2O2/c1-14-7(13)8(2-3-8)12-4-5(9)6(10)11-12/h4H,2-3H2,1H3. The number of ether oxygens (including phenoxy) is 1. The molecule has 4 nitrogen and oxygen atoms in total. The molecule has 0 aromatic carbocycles. The zero-order valence-corrected chi connectivity index (χ0v) is 11.8. The second-order valence-electron chi connectivity index (χ2n) is 3.24. The topological polar surface area (TPSA) is 44.1 Å². The van der Waals surface area contributed by atoms with Crippen LogP contribution in [0.4, 0.5) is 0 Å². The van der Waals surface area contributed by atoms with E-state index in [4.69, 9.17) is 4.74 Å². The molecule has 1 aromatic heterocycles. The molecule has 0 aliphatic heterocycles. The number of aromatic nitrogens is 2. The fraction of sp³-hybridized carbons (Fsp3) is 0.500. The highest BCUT2D eigenvalue weighted by molar-refractivity contribution is 14.1. The van der Waals surface area contributed by atoms with Crippen molar-refractivity contribution >= 4 is 51.2 Å². The van der Waals surface area contributed by atoms with E-state index in [2.05, 4.69) is 50.3 Å². The van der Waals surface area contributed by atoms with Gasteiger partial charge in [-0.2, -0.15) is 5.10 Å². The third-order valence-electron chi connectivity index (χ3n) is 2.36.